The maximum Gasteiger partial charge on any atom is 1.00 e. The average Bonchev–Trinajstić information content (AvgIpc) is 3.57. The van der Waals surface area contributed by atoms with Crippen LogP contribution in [0.15, 0.2) is 0 Å². The molecule has 8 fully saturated rings. The third kappa shape index (κ3) is 6.04. The van der Waals surface area contributed by atoms with Crippen LogP contribution in [0.2, 0.25) is 0 Å². The Morgan fingerprint density at radius 2 is 0.857 bits per heavy atom. The van der Waals surface area contributed by atoms with Gasteiger partial charge in [0, 0.05) is 0 Å². The summed E-state index contributed by atoms with van der Waals surface area (Å²) in [4.78, 5) is 0. The molecule has 8 aliphatic carbocycles. The molecule has 8 rings (SSSR count). The average molecular weight is 671 g/mol. The second kappa shape index (κ2) is 14.7. The Bertz CT molecular complexity index is 1150. The van der Waals surface area contributed by atoms with Gasteiger partial charge >= 0.3 is 18.9 Å². The summed E-state index contributed by atoms with van der Waals surface area (Å²) in [5.74, 6) is 9.81. The minimum Gasteiger partial charge on any atom is -0.870 e. The predicted octanol–water partition coefficient (Wildman–Crippen LogP) is 6.83. The van der Waals surface area contributed by atoms with Gasteiger partial charge in [0.15, 0.2) is 0 Å². The largest absolute Gasteiger partial charge is 1.00 e. The fourth-order valence-corrected chi connectivity index (χ4v) is 16.1. The molecule has 0 spiro atoms. The number of hydrogen-bond donors (Lipinski definition) is 1. The Kier molecular flexibility index (Phi) is 12.4. The molecular formula is C43H71LiN2O3. The molecule has 0 aromatic heterocycles. The SMILES string of the molecule is C[C@H]1[C@H](C)CC[C@@]2(C)[C@H]1CC[C@@H]1[C@@H]2CC[C@]2(C)[C@@H](C#N)CC[C@@H]12.C[C@H]1[C@H](O)CC[C@@]2(C)[C@H]1CC[C@@H]1[C@@H]2CC[C@]2(C)[C@@H](C#N)CC[C@@H]12.O.[Li+].[OH-]. The van der Waals surface area contributed by atoms with E-state index in [1.807, 2.05) is 0 Å². The van der Waals surface area contributed by atoms with Crippen molar-refractivity contribution in [1.29, 1.82) is 10.5 Å². The van der Waals surface area contributed by atoms with Crippen molar-refractivity contribution in [3.63, 3.8) is 0 Å². The van der Waals surface area contributed by atoms with Gasteiger partial charge < -0.3 is 16.1 Å². The third-order valence-corrected chi connectivity index (χ3v) is 19.1. The van der Waals surface area contributed by atoms with Crippen LogP contribution in [0.5, 0.6) is 0 Å². The van der Waals surface area contributed by atoms with Gasteiger partial charge in [-0.2, -0.15) is 10.5 Å². The first-order valence-electron chi connectivity index (χ1n) is 20.3. The van der Waals surface area contributed by atoms with E-state index in [1.54, 1.807) is 0 Å². The molecule has 0 bridgehead atoms. The van der Waals surface area contributed by atoms with E-state index in [1.165, 1.54) is 89.9 Å². The van der Waals surface area contributed by atoms with Crippen molar-refractivity contribution in [2.75, 3.05) is 0 Å². The molecule has 8 aliphatic rings. The van der Waals surface area contributed by atoms with Gasteiger partial charge in [-0.15, -0.1) is 0 Å². The van der Waals surface area contributed by atoms with E-state index < -0.39 is 0 Å². The number of aliphatic hydroxyl groups is 1. The zero-order valence-electron chi connectivity index (χ0n) is 32.7. The molecule has 49 heavy (non-hydrogen) atoms. The van der Waals surface area contributed by atoms with Gasteiger partial charge in [0.1, 0.15) is 0 Å². The zero-order valence-corrected chi connectivity index (χ0v) is 32.7. The molecule has 0 heterocycles. The topological polar surface area (TPSA) is 129 Å². The molecule has 0 aliphatic heterocycles. The Balaban J connectivity index is 0.000000208. The molecule has 18 atom stereocenters. The van der Waals surface area contributed by atoms with Gasteiger partial charge in [-0.1, -0.05) is 48.5 Å². The Morgan fingerprint density at radius 3 is 1.31 bits per heavy atom. The molecule has 8 saturated carbocycles. The second-order valence-corrected chi connectivity index (χ2v) is 20.1. The number of rotatable bonds is 0. The van der Waals surface area contributed by atoms with Gasteiger partial charge in [0.25, 0.3) is 0 Å². The maximum atomic E-state index is 10.3. The summed E-state index contributed by atoms with van der Waals surface area (Å²) in [6.07, 6.45) is 20.9. The number of hydrogen-bond acceptors (Lipinski definition) is 4. The molecule has 0 amide bonds. The van der Waals surface area contributed by atoms with Crippen molar-refractivity contribution in [2.45, 2.75) is 157 Å². The first kappa shape index (κ1) is 41.2. The Hall–Kier alpha value is -0.543. The number of nitriles is 2. The number of fused-ring (bicyclic) bond motifs is 10. The van der Waals surface area contributed by atoms with E-state index in [4.69, 9.17) is 0 Å². The van der Waals surface area contributed by atoms with Crippen molar-refractivity contribution in [3.8, 4) is 12.1 Å². The van der Waals surface area contributed by atoms with Crippen LogP contribution in [0.25, 0.3) is 0 Å². The van der Waals surface area contributed by atoms with Crippen molar-refractivity contribution < 1.29 is 34.9 Å². The summed E-state index contributed by atoms with van der Waals surface area (Å²) >= 11 is 0. The van der Waals surface area contributed by atoms with Crippen molar-refractivity contribution in [1.82, 2.24) is 0 Å². The molecule has 272 valence electrons. The Labute approximate surface area is 312 Å². The normalized spacial score (nSPS) is 55.1. The fourth-order valence-electron chi connectivity index (χ4n) is 16.1. The standard InChI is InChI=1S/C22H35N.C21H33NO.Li.2H2O/c1-14-9-11-22(4)18(15(14)2)8-6-17-19-7-5-16(13-23)21(19,3)12-10-20(17)22;1-13-16-7-5-15-17-6-4-14(12-22)20(17,2)10-8-18(15)21(16,3)11-9-19(13)23;;;/h14-20H,5-12H2,1-4H3;13-19,23H,4-11H2,1-3H3;;2*1H2/q;;+1;;/p-1/t14-,15+,16-,17+,18+,19+,20+,21-,22+;13-,14-,15+,16+,17+,18+,19-,20-,21+;;;/m11.../s1. The van der Waals surface area contributed by atoms with Gasteiger partial charge in [0.2, 0.25) is 0 Å². The van der Waals surface area contributed by atoms with Crippen LogP contribution in [-0.2, 0) is 0 Å². The van der Waals surface area contributed by atoms with E-state index in [0.29, 0.717) is 45.3 Å². The molecule has 0 radical (unpaired) electrons. The van der Waals surface area contributed by atoms with Crippen LogP contribution in [-0.4, -0.2) is 22.2 Å². The molecular weight excluding hydrogens is 599 g/mol. The summed E-state index contributed by atoms with van der Waals surface area (Å²) in [7, 11) is 0. The third-order valence-electron chi connectivity index (χ3n) is 19.1. The number of aliphatic hydroxyl groups excluding tert-OH is 1. The predicted molar refractivity (Wildman–Crippen MR) is 191 cm³/mol. The van der Waals surface area contributed by atoms with Gasteiger partial charge in [-0.05, 0) is 189 Å². The summed E-state index contributed by atoms with van der Waals surface area (Å²) < 4.78 is 0. The first-order valence-corrected chi connectivity index (χ1v) is 20.3. The smallest absolute Gasteiger partial charge is 0.870 e. The van der Waals surface area contributed by atoms with E-state index in [0.717, 1.165) is 66.1 Å². The van der Waals surface area contributed by atoms with Gasteiger partial charge in [-0.25, -0.2) is 0 Å². The van der Waals surface area contributed by atoms with Crippen LogP contribution in [0.3, 0.4) is 0 Å². The minimum absolute atomic E-state index is 0. The van der Waals surface area contributed by atoms with Crippen LogP contribution < -0.4 is 18.9 Å². The summed E-state index contributed by atoms with van der Waals surface area (Å²) in [6.45, 7) is 17.4. The molecule has 0 saturated heterocycles. The van der Waals surface area contributed by atoms with Crippen molar-refractivity contribution >= 4 is 0 Å². The van der Waals surface area contributed by atoms with Crippen LogP contribution in [0.1, 0.15) is 151 Å². The summed E-state index contributed by atoms with van der Waals surface area (Å²) in [5.41, 5.74) is 1.67. The number of nitrogens with zero attached hydrogens (tertiary/aromatic N) is 2. The minimum atomic E-state index is -0.0760. The molecule has 0 unspecified atom stereocenters. The summed E-state index contributed by atoms with van der Waals surface area (Å²) in [6, 6.07) is 5.32. The fraction of sp³-hybridized carbons (Fsp3) is 0.953. The van der Waals surface area contributed by atoms with Crippen LogP contribution in [0.4, 0.5) is 0 Å². The molecule has 0 aromatic carbocycles. The van der Waals surface area contributed by atoms with E-state index in [9.17, 15) is 15.6 Å². The molecule has 4 N–H and O–H groups in total. The monoisotopic (exact) mass is 671 g/mol. The summed E-state index contributed by atoms with van der Waals surface area (Å²) in [5, 5.41) is 29.6. The van der Waals surface area contributed by atoms with Gasteiger partial charge in [-0.3, -0.25) is 0 Å². The van der Waals surface area contributed by atoms with Crippen LogP contribution >= 0.6 is 0 Å². The quantitative estimate of drug-likeness (QED) is 0.283. The molecule has 6 heteroatoms. The zero-order chi connectivity index (χ0) is 32.8. The molecule has 0 aromatic rings. The van der Waals surface area contributed by atoms with Gasteiger partial charge in [0.05, 0.1) is 30.1 Å². The van der Waals surface area contributed by atoms with E-state index in [2.05, 4.69) is 60.6 Å². The van der Waals surface area contributed by atoms with E-state index >= 15 is 0 Å². The first-order chi connectivity index (χ1) is 21.8. The second-order valence-electron chi connectivity index (χ2n) is 20.1. The Morgan fingerprint density at radius 1 is 0.490 bits per heavy atom. The molecule has 5 nitrogen and oxygen atoms in total. The van der Waals surface area contributed by atoms with Crippen LogP contribution in [0, 0.1) is 121 Å². The van der Waals surface area contributed by atoms with Crippen molar-refractivity contribution in [2.24, 2.45) is 98.6 Å². The van der Waals surface area contributed by atoms with E-state index in [-0.39, 0.29) is 35.9 Å². The van der Waals surface area contributed by atoms with Crippen molar-refractivity contribution in [3.05, 3.63) is 0 Å². The maximum absolute atomic E-state index is 10.3.